The number of hydrogen-bond acceptors (Lipinski definition) is 23. The largest absolute Gasteiger partial charge is 0.508 e. The molecule has 0 aromatic heterocycles. The lowest BCUT2D eigenvalue weighted by Crippen LogP contribution is -2.60. The Bertz CT molecular complexity index is 3610. The summed E-state index contributed by atoms with van der Waals surface area (Å²) in [6.45, 7) is 0.409. The molecule has 0 aliphatic carbocycles. The zero-order valence-corrected chi connectivity index (χ0v) is 66.6. The molecular weight excluding hydrogens is 1560 g/mol. The minimum atomic E-state index is -1.78. The average molecular weight is 1690 g/mol. The first kappa shape index (κ1) is 103. The van der Waals surface area contributed by atoms with Crippen molar-refractivity contribution in [3.63, 3.8) is 0 Å². The summed E-state index contributed by atoms with van der Waals surface area (Å²) in [6, 6.07) is -10.9. The Labute approximate surface area is 686 Å². The van der Waals surface area contributed by atoms with Crippen LogP contribution in [-0.2, 0) is 68.7 Å². The molecule has 0 radical (unpaired) electrons. The Balaban J connectivity index is 4.02. The predicted molar refractivity (Wildman–Crippen MR) is 439 cm³/mol. The zero-order valence-electron chi connectivity index (χ0n) is 66.6. The summed E-state index contributed by atoms with van der Waals surface area (Å²) in [5, 5.41) is 119. The number of primary amides is 2. The summed E-state index contributed by atoms with van der Waals surface area (Å²) >= 11 is 0. The van der Waals surface area contributed by atoms with Crippen LogP contribution in [0, 0.1) is 43.3 Å². The Hall–Kier alpha value is -13.7. The smallest absolute Gasteiger partial charge is 0.243 e. The molecular formula is C67H124N38O14. The van der Waals surface area contributed by atoms with E-state index in [9.17, 15) is 67.4 Å². The van der Waals surface area contributed by atoms with Gasteiger partial charge in [0, 0.05) is 65.2 Å². The molecule has 0 saturated carbocycles. The summed E-state index contributed by atoms with van der Waals surface area (Å²) in [7, 11) is 0. The number of phenols is 1. The van der Waals surface area contributed by atoms with Gasteiger partial charge in [0.1, 0.15) is 66.2 Å². The highest BCUT2D eigenvalue weighted by molar-refractivity contribution is 5.99. The van der Waals surface area contributed by atoms with E-state index in [-0.39, 0.29) is 173 Å². The van der Waals surface area contributed by atoms with Crippen LogP contribution in [0.5, 0.6) is 5.75 Å². The van der Waals surface area contributed by atoms with Crippen LogP contribution < -0.4 is 164 Å². The molecule has 52 nitrogen and oxygen atoms in total. The Morgan fingerprint density at radius 2 is 0.513 bits per heavy atom. The number of amides is 13. The number of hydrogen-bond donors (Lipinski definition) is 39. The maximum atomic E-state index is 15.0. The molecule has 0 saturated heterocycles. The summed E-state index contributed by atoms with van der Waals surface area (Å²) in [5.74, 6) is -16.4. The molecule has 0 fully saturated rings. The van der Waals surface area contributed by atoms with E-state index in [4.69, 9.17) is 106 Å². The molecule has 1 aromatic rings. The Morgan fingerprint density at radius 3 is 0.739 bits per heavy atom. The highest BCUT2D eigenvalue weighted by Gasteiger charge is 2.36. The van der Waals surface area contributed by atoms with E-state index in [1.54, 1.807) is 0 Å². The second kappa shape index (κ2) is 57.3. The van der Waals surface area contributed by atoms with E-state index in [1.807, 2.05) is 0 Å². The van der Waals surface area contributed by atoms with Gasteiger partial charge in [-0.1, -0.05) is 12.1 Å². The highest BCUT2D eigenvalue weighted by Crippen LogP contribution is 2.14. The van der Waals surface area contributed by atoms with Crippen molar-refractivity contribution in [2.45, 2.75) is 195 Å². The number of nitrogens with two attached hydrogens (primary N) is 11. The molecule has 0 spiro atoms. The van der Waals surface area contributed by atoms with Gasteiger partial charge >= 0.3 is 0 Å². The van der Waals surface area contributed by atoms with Crippen molar-refractivity contribution in [1.82, 2.24) is 101 Å². The van der Waals surface area contributed by atoms with Gasteiger partial charge in [0.05, 0.1) is 12.6 Å². The quantitative estimate of drug-likeness (QED) is 0.0164. The van der Waals surface area contributed by atoms with Crippen LogP contribution in [0.15, 0.2) is 24.3 Å². The topological polar surface area (TPSA) is 948 Å². The molecule has 1 rings (SSSR count). The number of carbonyl (C=O) groups is 13. The maximum absolute atomic E-state index is 15.0. The predicted octanol–water partition coefficient (Wildman–Crippen LogP) is -12.9. The number of aromatic hydroxyl groups is 1. The Morgan fingerprint density at radius 1 is 0.294 bits per heavy atom. The van der Waals surface area contributed by atoms with Crippen molar-refractivity contribution >= 4 is 124 Å². The van der Waals surface area contributed by atoms with Gasteiger partial charge in [-0.3, -0.25) is 106 Å². The first-order chi connectivity index (χ1) is 56.1. The van der Waals surface area contributed by atoms with Crippen LogP contribution in [0.2, 0.25) is 0 Å². The lowest BCUT2D eigenvalue weighted by Gasteiger charge is -2.28. The van der Waals surface area contributed by atoms with Crippen LogP contribution in [0.1, 0.15) is 128 Å². The summed E-state index contributed by atoms with van der Waals surface area (Å²) in [6.07, 6.45) is -2.94. The van der Waals surface area contributed by atoms with Crippen LogP contribution in [-0.4, -0.2) is 255 Å². The van der Waals surface area contributed by atoms with Crippen molar-refractivity contribution in [2.75, 3.05) is 58.9 Å². The minimum Gasteiger partial charge on any atom is -0.508 e. The van der Waals surface area contributed by atoms with E-state index in [0.717, 1.165) is 0 Å². The van der Waals surface area contributed by atoms with Gasteiger partial charge in [0.15, 0.2) is 47.7 Å². The lowest BCUT2D eigenvalue weighted by atomic mass is 10.0. The Kier molecular flexibility index (Phi) is 49.7. The van der Waals surface area contributed by atoms with E-state index in [1.165, 1.54) is 31.2 Å². The van der Waals surface area contributed by atoms with Gasteiger partial charge in [0.25, 0.3) is 0 Å². The normalized spacial score (nSPS) is 13.4. The fourth-order valence-corrected chi connectivity index (χ4v) is 11.1. The second-order valence-electron chi connectivity index (χ2n) is 27.3. The van der Waals surface area contributed by atoms with E-state index < -0.39 is 204 Å². The highest BCUT2D eigenvalue weighted by atomic mass is 16.3. The number of nitrogens with one attached hydrogen (secondary N) is 27. The monoisotopic (exact) mass is 1690 g/mol. The van der Waals surface area contributed by atoms with Crippen LogP contribution in [0.25, 0.3) is 0 Å². The first-order valence-electron chi connectivity index (χ1n) is 38.1. The van der Waals surface area contributed by atoms with Gasteiger partial charge in [-0.15, -0.1) is 0 Å². The summed E-state index contributed by atoms with van der Waals surface area (Å²) in [5.41, 5.74) is 61.5. The van der Waals surface area contributed by atoms with Crippen molar-refractivity contribution in [2.24, 2.45) is 63.1 Å². The van der Waals surface area contributed by atoms with Crippen molar-refractivity contribution in [3.05, 3.63) is 29.8 Å². The molecule has 11 atom stereocenters. The first-order valence-corrected chi connectivity index (χ1v) is 38.1. The fourth-order valence-electron chi connectivity index (χ4n) is 11.1. The van der Waals surface area contributed by atoms with Crippen LogP contribution >= 0.6 is 0 Å². The van der Waals surface area contributed by atoms with Gasteiger partial charge in [-0.05, 0) is 134 Å². The third-order valence-corrected chi connectivity index (χ3v) is 17.1. The lowest BCUT2D eigenvalue weighted by molar-refractivity contribution is -0.136. The third kappa shape index (κ3) is 48.3. The molecule has 0 heterocycles. The molecule has 0 aliphatic rings. The molecule has 0 bridgehead atoms. The van der Waals surface area contributed by atoms with Gasteiger partial charge in [0.2, 0.25) is 76.8 Å². The number of guanidine groups is 8. The molecule has 1 aromatic carbocycles. The number of phenolic OH excluding ortho intramolecular Hbond substituents is 1. The van der Waals surface area contributed by atoms with E-state index in [2.05, 4.69) is 101 Å². The van der Waals surface area contributed by atoms with Gasteiger partial charge in [-0.2, -0.15) is 0 Å². The van der Waals surface area contributed by atoms with Crippen LogP contribution in [0.3, 0.4) is 0 Å². The van der Waals surface area contributed by atoms with Gasteiger partial charge < -0.3 is 169 Å². The molecule has 0 aliphatic heterocycles. The minimum absolute atomic E-state index is 0.000597. The van der Waals surface area contributed by atoms with E-state index in [0.29, 0.717) is 5.56 Å². The van der Waals surface area contributed by atoms with Crippen molar-refractivity contribution in [1.29, 1.82) is 43.3 Å². The second-order valence-corrected chi connectivity index (χ2v) is 27.3. The van der Waals surface area contributed by atoms with E-state index >= 15 is 0 Å². The third-order valence-electron chi connectivity index (χ3n) is 17.1. The van der Waals surface area contributed by atoms with Crippen LogP contribution in [0.4, 0.5) is 0 Å². The molecule has 0 unspecified atom stereocenters. The van der Waals surface area contributed by atoms with Crippen molar-refractivity contribution < 1.29 is 67.4 Å². The average Bonchev–Trinajstić information content (AvgIpc) is 0.858. The van der Waals surface area contributed by atoms with Gasteiger partial charge in [-0.25, -0.2) is 0 Å². The molecule has 119 heavy (non-hydrogen) atoms. The molecule has 50 N–H and O–H groups in total. The zero-order chi connectivity index (χ0) is 89.7. The molecule has 666 valence electrons. The number of carbonyl (C=O) groups excluding carboxylic acids is 13. The summed E-state index contributed by atoms with van der Waals surface area (Å²) < 4.78 is 0. The molecule has 52 heteroatoms. The number of benzene rings is 1. The SMILES string of the molecule is C[C@H](N)C(=O)N[C@@H](Cc1ccc(O)cc1)C(=O)NCC(=O)N[C@@H](CCCNC(=N)N)C(=O)N[C@@H](CCCNC(=N)N)C(=O)N[C@@H](CCCNC(=N)N)C(=O)N[C@@H](CCCNC(=N)N)C(=O)N[C@@H](CCCNC(=N)N)C(=O)N[C@@H](CCC(N)=O)C(=O)N[C@@H](CCCNC(=N)N)C(=O)N[C@@H](CCCNC(=N)N)C(=O)N[C@@H](CCCNC(=N)N)C(N)=O. The summed E-state index contributed by atoms with van der Waals surface area (Å²) in [4.78, 5) is 182. The molecule has 13 amide bonds. The standard InChI is InChI=1S/C67H124N38O14/c1-34(68)50(110)105-46(32-35-18-20-36(106)21-19-35)51(111)95-33-48(108)96-38(11-3-25-88-61(73)74)52(112)98-40(13-5-27-90-63(77)78)54(114)100-41(14-6-28-91-64(79)80)55(115)101-42(15-7-29-92-65(81)82)56(116)102-44(17-9-31-94-67(85)86)58(118)104-45(22-23-47(69)107)59(119)103-43(16-8-30-93-66(83)84)57(117)99-39(12-4-26-89-62(75)76)53(113)97-37(49(70)109)10-2-24-87-60(71)72/h18-21,34,37-46,106H,2-17,22-33,68H2,1H3,(H2,69,107)(H2,70,109)(H,95,111)(H,96,108)(H,97,113)(H,98,112)(H,99,117)(H,100,114)(H,101,115)(H,102,116)(H,103,119)(H,104,118)(H,105,110)(H4,71,72,87)(H4,73,74,88)(H4,75,76,89)(H4,77,78,90)(H4,79,80,91)(H4,81,82,92)(H4,83,84,93)(H4,85,86,94)/t34-,37-,38-,39-,40-,41-,42-,43-,44-,45-,46-/m0/s1. The van der Waals surface area contributed by atoms with Crippen molar-refractivity contribution in [3.8, 4) is 5.75 Å². The fraction of sp³-hybridized carbons (Fsp3) is 0.597. The maximum Gasteiger partial charge on any atom is 0.243 e. The number of rotatable bonds is 60.